The Morgan fingerprint density at radius 2 is 2.29 bits per heavy atom. The Balaban J connectivity index is 2.67. The molecule has 3 heteroatoms. The van der Waals surface area contributed by atoms with E-state index in [0.717, 1.165) is 12.0 Å². The number of hydrogen-bond donors (Lipinski definition) is 1. The normalized spacial score (nSPS) is 12.5. The number of rotatable bonds is 4. The predicted octanol–water partition coefficient (Wildman–Crippen LogP) is 2.93. The first-order valence-corrected chi connectivity index (χ1v) is 4.81. The summed E-state index contributed by atoms with van der Waals surface area (Å²) in [5, 5.41) is 0.147. The van der Waals surface area contributed by atoms with Gasteiger partial charge in [-0.15, -0.1) is 6.58 Å². The molecule has 1 atom stereocenters. The minimum Gasteiger partial charge on any atom is -0.327 e. The van der Waals surface area contributed by atoms with Crippen LogP contribution in [0.5, 0.6) is 0 Å². The van der Waals surface area contributed by atoms with Gasteiger partial charge in [0.1, 0.15) is 5.82 Å². The summed E-state index contributed by atoms with van der Waals surface area (Å²) in [6, 6.07) is 4.69. The molecule has 0 radical (unpaired) electrons. The molecule has 1 aromatic rings. The maximum absolute atomic E-state index is 12.8. The van der Waals surface area contributed by atoms with Gasteiger partial charge in [-0.2, -0.15) is 0 Å². The van der Waals surface area contributed by atoms with Crippen LogP contribution in [0.4, 0.5) is 4.39 Å². The van der Waals surface area contributed by atoms with Crippen molar-refractivity contribution in [1.82, 2.24) is 0 Å². The Morgan fingerprint density at radius 1 is 1.57 bits per heavy atom. The second kappa shape index (κ2) is 5.13. The van der Waals surface area contributed by atoms with E-state index < -0.39 is 5.82 Å². The highest BCUT2D eigenvalue weighted by Crippen LogP contribution is 2.17. The zero-order valence-electron chi connectivity index (χ0n) is 7.84. The van der Waals surface area contributed by atoms with E-state index in [-0.39, 0.29) is 11.1 Å². The minimum atomic E-state index is -0.396. The van der Waals surface area contributed by atoms with Crippen molar-refractivity contribution in [3.05, 3.63) is 47.3 Å². The summed E-state index contributed by atoms with van der Waals surface area (Å²) in [4.78, 5) is 0. The smallest absolute Gasteiger partial charge is 0.141 e. The molecule has 0 bridgehead atoms. The van der Waals surface area contributed by atoms with Crippen molar-refractivity contribution in [2.24, 2.45) is 5.73 Å². The number of hydrogen-bond acceptors (Lipinski definition) is 1. The van der Waals surface area contributed by atoms with Crippen molar-refractivity contribution in [2.45, 2.75) is 18.9 Å². The Kier molecular flexibility index (Phi) is 4.11. The largest absolute Gasteiger partial charge is 0.327 e. The summed E-state index contributed by atoms with van der Waals surface area (Å²) < 4.78 is 12.8. The fourth-order valence-corrected chi connectivity index (χ4v) is 1.47. The maximum Gasteiger partial charge on any atom is 0.141 e. The molecule has 0 aliphatic carbocycles. The highest BCUT2D eigenvalue weighted by atomic mass is 35.5. The van der Waals surface area contributed by atoms with Gasteiger partial charge in [-0.05, 0) is 30.5 Å². The van der Waals surface area contributed by atoms with Crippen molar-refractivity contribution in [1.29, 1.82) is 0 Å². The van der Waals surface area contributed by atoms with E-state index in [4.69, 9.17) is 17.3 Å². The van der Waals surface area contributed by atoms with Gasteiger partial charge >= 0.3 is 0 Å². The molecular formula is C11H13ClFN. The summed E-state index contributed by atoms with van der Waals surface area (Å²) in [5.74, 6) is -0.396. The maximum atomic E-state index is 12.8. The van der Waals surface area contributed by atoms with Crippen LogP contribution in [0.1, 0.15) is 12.0 Å². The van der Waals surface area contributed by atoms with Crippen LogP contribution < -0.4 is 5.73 Å². The van der Waals surface area contributed by atoms with Crippen molar-refractivity contribution in [3.8, 4) is 0 Å². The lowest BCUT2D eigenvalue weighted by atomic mass is 10.0. The molecule has 0 aliphatic rings. The topological polar surface area (TPSA) is 26.0 Å². The molecule has 1 nitrogen and oxygen atoms in total. The summed E-state index contributed by atoms with van der Waals surface area (Å²) in [5.41, 5.74) is 6.75. The van der Waals surface area contributed by atoms with E-state index in [2.05, 4.69) is 6.58 Å². The SMILES string of the molecule is C=CCC(N)Cc1ccc(F)c(Cl)c1. The molecule has 0 heterocycles. The molecule has 0 amide bonds. The van der Waals surface area contributed by atoms with Gasteiger partial charge in [0.25, 0.3) is 0 Å². The van der Waals surface area contributed by atoms with Gasteiger partial charge in [0.05, 0.1) is 5.02 Å². The van der Waals surface area contributed by atoms with Gasteiger partial charge in [0.15, 0.2) is 0 Å². The van der Waals surface area contributed by atoms with Gasteiger partial charge in [0.2, 0.25) is 0 Å². The van der Waals surface area contributed by atoms with Gasteiger partial charge < -0.3 is 5.73 Å². The molecule has 76 valence electrons. The Morgan fingerprint density at radius 3 is 2.86 bits per heavy atom. The lowest BCUT2D eigenvalue weighted by molar-refractivity contribution is 0.625. The summed E-state index contributed by atoms with van der Waals surface area (Å²) >= 11 is 5.64. The molecule has 0 spiro atoms. The van der Waals surface area contributed by atoms with Crippen molar-refractivity contribution < 1.29 is 4.39 Å². The Bertz CT molecular complexity index is 325. The zero-order valence-corrected chi connectivity index (χ0v) is 8.60. The Hall–Kier alpha value is -0.860. The Labute approximate surface area is 88.4 Å². The third-order valence-corrected chi connectivity index (χ3v) is 2.24. The number of halogens is 2. The number of nitrogens with two attached hydrogens (primary N) is 1. The second-order valence-corrected chi connectivity index (χ2v) is 3.64. The molecule has 14 heavy (non-hydrogen) atoms. The van der Waals surface area contributed by atoms with Crippen molar-refractivity contribution >= 4 is 11.6 Å². The minimum absolute atomic E-state index is 0.0222. The van der Waals surface area contributed by atoms with Gasteiger partial charge in [0, 0.05) is 6.04 Å². The molecule has 1 rings (SSSR count). The quantitative estimate of drug-likeness (QED) is 0.765. The van der Waals surface area contributed by atoms with E-state index in [1.807, 2.05) is 0 Å². The molecule has 0 aromatic heterocycles. The average molecular weight is 214 g/mol. The van der Waals surface area contributed by atoms with Crippen LogP contribution in [-0.4, -0.2) is 6.04 Å². The predicted molar refractivity (Wildman–Crippen MR) is 57.9 cm³/mol. The molecule has 2 N–H and O–H groups in total. The fraction of sp³-hybridized carbons (Fsp3) is 0.273. The van der Waals surface area contributed by atoms with Gasteiger partial charge in [-0.1, -0.05) is 23.7 Å². The van der Waals surface area contributed by atoms with Crippen molar-refractivity contribution in [2.75, 3.05) is 0 Å². The van der Waals surface area contributed by atoms with E-state index >= 15 is 0 Å². The van der Waals surface area contributed by atoms with Crippen LogP contribution in [-0.2, 0) is 6.42 Å². The second-order valence-electron chi connectivity index (χ2n) is 3.24. The van der Waals surface area contributed by atoms with E-state index in [9.17, 15) is 4.39 Å². The first-order chi connectivity index (χ1) is 6.63. The zero-order chi connectivity index (χ0) is 10.6. The molecular weight excluding hydrogens is 201 g/mol. The summed E-state index contributed by atoms with van der Waals surface area (Å²) in [6.45, 7) is 3.61. The first-order valence-electron chi connectivity index (χ1n) is 4.44. The lowest BCUT2D eigenvalue weighted by Gasteiger charge is -2.09. The molecule has 0 aliphatic heterocycles. The third-order valence-electron chi connectivity index (χ3n) is 1.95. The van der Waals surface area contributed by atoms with Crippen LogP contribution >= 0.6 is 11.6 Å². The first kappa shape index (κ1) is 11.2. The van der Waals surface area contributed by atoms with E-state index in [1.165, 1.54) is 6.07 Å². The van der Waals surface area contributed by atoms with Gasteiger partial charge in [-0.3, -0.25) is 0 Å². The van der Waals surface area contributed by atoms with Crippen molar-refractivity contribution in [3.63, 3.8) is 0 Å². The average Bonchev–Trinajstić information content (AvgIpc) is 2.12. The van der Waals surface area contributed by atoms with Crippen LogP contribution in [0.2, 0.25) is 5.02 Å². The number of benzene rings is 1. The molecule has 1 aromatic carbocycles. The monoisotopic (exact) mass is 213 g/mol. The third kappa shape index (κ3) is 3.13. The van der Waals surface area contributed by atoms with Crippen LogP contribution in [0.3, 0.4) is 0 Å². The summed E-state index contributed by atoms with van der Waals surface area (Å²) in [7, 11) is 0. The lowest BCUT2D eigenvalue weighted by Crippen LogP contribution is -2.21. The van der Waals surface area contributed by atoms with E-state index in [1.54, 1.807) is 18.2 Å². The molecule has 0 saturated heterocycles. The molecule has 0 fully saturated rings. The highest BCUT2D eigenvalue weighted by molar-refractivity contribution is 6.30. The van der Waals surface area contributed by atoms with Crippen LogP contribution in [0.15, 0.2) is 30.9 Å². The fourth-order valence-electron chi connectivity index (χ4n) is 1.27. The van der Waals surface area contributed by atoms with E-state index in [0.29, 0.717) is 6.42 Å². The summed E-state index contributed by atoms with van der Waals surface area (Å²) in [6.07, 6.45) is 3.21. The standard InChI is InChI=1S/C11H13ClFN/c1-2-3-9(14)6-8-4-5-11(13)10(12)7-8/h2,4-5,7,9H,1,3,6,14H2. The molecule has 1 unspecified atom stereocenters. The van der Waals surface area contributed by atoms with Gasteiger partial charge in [-0.25, -0.2) is 4.39 Å². The van der Waals surface area contributed by atoms with Crippen LogP contribution in [0.25, 0.3) is 0 Å². The molecule has 0 saturated carbocycles. The highest BCUT2D eigenvalue weighted by Gasteiger charge is 2.04. The van der Waals surface area contributed by atoms with Crippen LogP contribution in [0, 0.1) is 5.82 Å².